The molecule has 0 aliphatic heterocycles. The Labute approximate surface area is 239 Å². The molecule has 2 aromatic heterocycles. The van der Waals surface area contributed by atoms with E-state index in [9.17, 15) is 4.79 Å². The molecule has 1 fully saturated rings. The maximum atomic E-state index is 12.4. The first kappa shape index (κ1) is 26.1. The number of hydrogen-bond acceptors (Lipinski definition) is 6. The van der Waals surface area contributed by atoms with E-state index in [-0.39, 0.29) is 5.97 Å². The molecule has 0 bridgehead atoms. The highest BCUT2D eigenvalue weighted by Crippen LogP contribution is 2.49. The molecule has 41 heavy (non-hydrogen) atoms. The van der Waals surface area contributed by atoms with Gasteiger partial charge in [-0.3, -0.25) is 4.79 Å². The number of nitrogens with zero attached hydrogens (tertiary/aromatic N) is 2. The van der Waals surface area contributed by atoms with E-state index in [1.54, 1.807) is 0 Å². The van der Waals surface area contributed by atoms with Gasteiger partial charge in [-0.25, -0.2) is 4.98 Å². The van der Waals surface area contributed by atoms with E-state index in [2.05, 4.69) is 51.6 Å². The van der Waals surface area contributed by atoms with Gasteiger partial charge >= 0.3 is 5.97 Å². The lowest BCUT2D eigenvalue weighted by Crippen LogP contribution is -2.23. The molecule has 5 aromatic rings. The lowest BCUT2D eigenvalue weighted by atomic mass is 9.93. The van der Waals surface area contributed by atoms with E-state index in [1.165, 1.54) is 0 Å². The van der Waals surface area contributed by atoms with Crippen molar-refractivity contribution in [1.82, 2.24) is 10.1 Å². The SMILES string of the molecule is CCOC(=O)C1(c2ccc(-c3ccc(-c4onc(C)c4Nc4cccc(C#Cc5ccccc5)n4)cc3)cc2)CC1. The van der Waals surface area contributed by atoms with Crippen molar-refractivity contribution < 1.29 is 14.1 Å². The average Bonchev–Trinajstić information content (AvgIpc) is 3.76. The molecule has 202 valence electrons. The molecule has 2 heterocycles. The zero-order valence-corrected chi connectivity index (χ0v) is 23.0. The molecule has 0 atom stereocenters. The van der Waals surface area contributed by atoms with Gasteiger partial charge in [0.25, 0.3) is 0 Å². The Morgan fingerprint density at radius 1 is 0.878 bits per heavy atom. The van der Waals surface area contributed by atoms with Crippen LogP contribution in [0.25, 0.3) is 22.5 Å². The van der Waals surface area contributed by atoms with Crippen LogP contribution in [-0.2, 0) is 14.9 Å². The third-order valence-corrected chi connectivity index (χ3v) is 7.31. The fourth-order valence-corrected chi connectivity index (χ4v) is 4.87. The molecule has 0 unspecified atom stereocenters. The highest BCUT2D eigenvalue weighted by Gasteiger charge is 2.52. The maximum Gasteiger partial charge on any atom is 0.316 e. The number of nitrogens with one attached hydrogen (secondary N) is 1. The number of aromatic nitrogens is 2. The van der Waals surface area contributed by atoms with Crippen LogP contribution in [0, 0.1) is 18.8 Å². The molecule has 1 aliphatic rings. The van der Waals surface area contributed by atoms with E-state index in [0.29, 0.717) is 23.9 Å². The quantitative estimate of drug-likeness (QED) is 0.171. The number of esters is 1. The van der Waals surface area contributed by atoms with Gasteiger partial charge in [0, 0.05) is 11.1 Å². The highest BCUT2D eigenvalue weighted by atomic mass is 16.5. The van der Waals surface area contributed by atoms with Crippen LogP contribution >= 0.6 is 0 Å². The Balaban J connectivity index is 1.19. The first-order valence-electron chi connectivity index (χ1n) is 13.7. The van der Waals surface area contributed by atoms with Gasteiger partial charge in [0.1, 0.15) is 22.9 Å². The van der Waals surface area contributed by atoms with E-state index >= 15 is 0 Å². The lowest BCUT2D eigenvalue weighted by molar-refractivity contribution is -0.146. The van der Waals surface area contributed by atoms with Crippen molar-refractivity contribution in [2.45, 2.75) is 32.1 Å². The first-order valence-corrected chi connectivity index (χ1v) is 13.7. The summed E-state index contributed by atoms with van der Waals surface area (Å²) < 4.78 is 11.0. The number of ether oxygens (including phenoxy) is 1. The van der Waals surface area contributed by atoms with Gasteiger partial charge in [-0.1, -0.05) is 83.9 Å². The molecule has 0 radical (unpaired) electrons. The second-order valence-electron chi connectivity index (χ2n) is 10.1. The molecule has 0 amide bonds. The fourth-order valence-electron chi connectivity index (χ4n) is 4.87. The van der Waals surface area contributed by atoms with Crippen LogP contribution in [0.15, 0.2) is 102 Å². The molecule has 1 N–H and O–H groups in total. The Hall–Kier alpha value is -5.15. The van der Waals surface area contributed by atoms with Crippen molar-refractivity contribution in [2.24, 2.45) is 0 Å². The summed E-state index contributed by atoms with van der Waals surface area (Å²) in [7, 11) is 0. The zero-order valence-electron chi connectivity index (χ0n) is 23.0. The normalized spacial score (nSPS) is 13.1. The standard InChI is InChI=1S/C35H29N3O3/c1-3-40-34(39)35(22-23-35)29-19-17-27(18-20-29)26-13-15-28(16-14-26)33-32(24(2)38-41-33)37-31-11-7-10-30(36-31)21-12-25-8-5-4-6-9-25/h4-11,13-20H,3,22-23H2,1-2H3,(H,36,37). The molecule has 6 rings (SSSR count). The summed E-state index contributed by atoms with van der Waals surface area (Å²) in [6.45, 7) is 4.14. The summed E-state index contributed by atoms with van der Waals surface area (Å²) in [6, 6.07) is 31.9. The van der Waals surface area contributed by atoms with E-state index in [0.717, 1.165) is 52.0 Å². The summed E-state index contributed by atoms with van der Waals surface area (Å²) in [5, 5.41) is 7.58. The van der Waals surface area contributed by atoms with Crippen LogP contribution in [0.3, 0.4) is 0 Å². The van der Waals surface area contributed by atoms with Gasteiger partial charge in [0.2, 0.25) is 0 Å². The van der Waals surface area contributed by atoms with Crippen molar-refractivity contribution in [1.29, 1.82) is 0 Å². The van der Waals surface area contributed by atoms with Crippen LogP contribution in [0.4, 0.5) is 11.5 Å². The third-order valence-electron chi connectivity index (χ3n) is 7.31. The smallest absolute Gasteiger partial charge is 0.316 e. The van der Waals surface area contributed by atoms with Gasteiger partial charge in [0.05, 0.1) is 12.0 Å². The second kappa shape index (κ2) is 11.1. The molecule has 0 saturated heterocycles. The highest BCUT2D eigenvalue weighted by molar-refractivity contribution is 5.87. The number of carbonyl (C=O) groups excluding carboxylic acids is 1. The van der Waals surface area contributed by atoms with Crippen LogP contribution in [0.2, 0.25) is 0 Å². The Kier molecular flexibility index (Phi) is 7.09. The van der Waals surface area contributed by atoms with Crippen molar-refractivity contribution in [3.05, 3.63) is 120 Å². The number of anilines is 2. The summed E-state index contributed by atoms with van der Waals surface area (Å²) in [4.78, 5) is 17.1. The number of benzene rings is 3. The molecule has 1 saturated carbocycles. The molecule has 6 heteroatoms. The number of pyridine rings is 1. The number of carbonyl (C=O) groups is 1. The Bertz CT molecular complexity index is 1740. The van der Waals surface area contributed by atoms with Crippen LogP contribution < -0.4 is 5.32 Å². The van der Waals surface area contributed by atoms with E-state index < -0.39 is 5.41 Å². The van der Waals surface area contributed by atoms with Crippen molar-refractivity contribution in [3.8, 4) is 34.3 Å². The van der Waals surface area contributed by atoms with Gasteiger partial charge in [-0.2, -0.15) is 0 Å². The van der Waals surface area contributed by atoms with Crippen LogP contribution in [0.5, 0.6) is 0 Å². The molecule has 6 nitrogen and oxygen atoms in total. The largest absolute Gasteiger partial charge is 0.465 e. The average molecular weight is 540 g/mol. The molecular weight excluding hydrogens is 510 g/mol. The summed E-state index contributed by atoms with van der Waals surface area (Å²) in [5.74, 6) is 7.45. The first-order chi connectivity index (χ1) is 20.1. The predicted molar refractivity (Wildman–Crippen MR) is 160 cm³/mol. The van der Waals surface area contributed by atoms with Crippen LogP contribution in [0.1, 0.15) is 42.3 Å². The van der Waals surface area contributed by atoms with Gasteiger partial charge in [-0.15, -0.1) is 0 Å². The van der Waals surface area contributed by atoms with Gasteiger partial charge < -0.3 is 14.6 Å². The predicted octanol–water partition coefficient (Wildman–Crippen LogP) is 7.45. The number of aryl methyl sites for hydroxylation is 1. The number of rotatable bonds is 7. The molecular formula is C35H29N3O3. The van der Waals surface area contributed by atoms with Crippen molar-refractivity contribution >= 4 is 17.5 Å². The minimum Gasteiger partial charge on any atom is -0.465 e. The fraction of sp³-hybridized carbons (Fsp3) is 0.171. The maximum absolute atomic E-state index is 12.4. The Morgan fingerprint density at radius 3 is 2.24 bits per heavy atom. The molecule has 3 aromatic carbocycles. The summed E-state index contributed by atoms with van der Waals surface area (Å²) >= 11 is 0. The van der Waals surface area contributed by atoms with Gasteiger partial charge in [-0.05, 0) is 73.6 Å². The lowest BCUT2D eigenvalue weighted by Gasteiger charge is -2.14. The summed E-state index contributed by atoms with van der Waals surface area (Å²) in [6.07, 6.45) is 1.68. The van der Waals surface area contributed by atoms with Crippen molar-refractivity contribution in [2.75, 3.05) is 11.9 Å². The van der Waals surface area contributed by atoms with Crippen LogP contribution in [-0.4, -0.2) is 22.7 Å². The monoisotopic (exact) mass is 539 g/mol. The zero-order chi connectivity index (χ0) is 28.2. The minimum atomic E-state index is -0.464. The third kappa shape index (κ3) is 5.48. The Morgan fingerprint density at radius 2 is 1.56 bits per heavy atom. The van der Waals surface area contributed by atoms with Crippen molar-refractivity contribution in [3.63, 3.8) is 0 Å². The minimum absolute atomic E-state index is 0.120. The molecule has 0 spiro atoms. The van der Waals surface area contributed by atoms with Gasteiger partial charge in [0.15, 0.2) is 5.76 Å². The summed E-state index contributed by atoms with van der Waals surface area (Å²) in [5.41, 5.74) is 6.69. The molecule has 1 aliphatic carbocycles. The van der Waals surface area contributed by atoms with E-state index in [4.69, 9.17) is 9.26 Å². The number of hydrogen-bond donors (Lipinski definition) is 1. The van der Waals surface area contributed by atoms with E-state index in [1.807, 2.05) is 86.6 Å². The topological polar surface area (TPSA) is 77.2 Å². The second-order valence-corrected chi connectivity index (χ2v) is 10.1.